The van der Waals surface area contributed by atoms with Crippen LogP contribution in [0, 0.1) is 0 Å². The second-order valence-corrected chi connectivity index (χ2v) is 7.33. The van der Waals surface area contributed by atoms with Crippen molar-refractivity contribution in [2.24, 2.45) is 0 Å². The van der Waals surface area contributed by atoms with E-state index in [2.05, 4.69) is 39.6 Å². The van der Waals surface area contributed by atoms with E-state index in [-0.39, 0.29) is 6.04 Å². The zero-order chi connectivity index (χ0) is 18.5. The zero-order valence-electron chi connectivity index (χ0n) is 15.0. The summed E-state index contributed by atoms with van der Waals surface area (Å²) >= 11 is 0. The summed E-state index contributed by atoms with van der Waals surface area (Å²) in [6, 6.07) is 10.6. The van der Waals surface area contributed by atoms with Gasteiger partial charge in [0.15, 0.2) is 6.23 Å². The molecule has 140 valence electrons. The van der Waals surface area contributed by atoms with Crippen LogP contribution in [-0.4, -0.2) is 43.1 Å². The molecule has 0 spiro atoms. The minimum absolute atomic E-state index is 0.220. The summed E-state index contributed by atoms with van der Waals surface area (Å²) in [5.74, 6) is 0.765. The zero-order valence-corrected chi connectivity index (χ0v) is 15.0. The summed E-state index contributed by atoms with van der Waals surface area (Å²) < 4.78 is 7.51. The monoisotopic (exact) mass is 366 g/mol. The van der Waals surface area contributed by atoms with Gasteiger partial charge in [-0.3, -0.25) is 0 Å². The summed E-state index contributed by atoms with van der Waals surface area (Å²) in [5, 5.41) is 24.7. The van der Waals surface area contributed by atoms with Crippen LogP contribution in [0.5, 0.6) is 0 Å². The highest BCUT2D eigenvalue weighted by Gasteiger charge is 2.41. The molecule has 3 aromatic rings. The van der Waals surface area contributed by atoms with Crippen molar-refractivity contribution in [2.45, 2.75) is 50.3 Å². The quantitative estimate of drug-likeness (QED) is 0.658. The van der Waals surface area contributed by atoms with Crippen molar-refractivity contribution in [3.8, 4) is 0 Å². The van der Waals surface area contributed by atoms with Crippen molar-refractivity contribution in [3.63, 3.8) is 0 Å². The predicted octanol–water partition coefficient (Wildman–Crippen LogP) is 2.17. The van der Waals surface area contributed by atoms with E-state index in [0.717, 1.165) is 24.0 Å². The van der Waals surface area contributed by atoms with Crippen LogP contribution in [0.3, 0.4) is 0 Å². The van der Waals surface area contributed by atoms with Crippen molar-refractivity contribution in [1.82, 2.24) is 14.5 Å². The Hall–Kier alpha value is -2.48. The highest BCUT2D eigenvalue weighted by atomic mass is 16.6. The predicted molar refractivity (Wildman–Crippen MR) is 100 cm³/mol. The molecule has 5 atom stereocenters. The molecule has 0 saturated carbocycles. The molecule has 0 bridgehead atoms. The Balaban J connectivity index is 1.48. The molecule has 0 unspecified atom stereocenters. The summed E-state index contributed by atoms with van der Waals surface area (Å²) in [6.07, 6.45) is 2.42. The van der Waals surface area contributed by atoms with E-state index in [1.165, 1.54) is 17.5 Å². The third-order valence-electron chi connectivity index (χ3n) is 5.70. The maximum absolute atomic E-state index is 10.3. The number of hydrogen-bond donors (Lipinski definition) is 3. The van der Waals surface area contributed by atoms with Gasteiger partial charge in [0.25, 0.3) is 0 Å². The van der Waals surface area contributed by atoms with Crippen LogP contribution in [0.15, 0.2) is 42.9 Å². The number of aromatic nitrogens is 3. The summed E-state index contributed by atoms with van der Waals surface area (Å²) in [7, 11) is 0. The van der Waals surface area contributed by atoms with Crippen molar-refractivity contribution in [2.75, 3.05) is 5.32 Å². The molecule has 1 aliphatic heterocycles. The molecule has 0 radical (unpaired) electrons. The summed E-state index contributed by atoms with van der Waals surface area (Å²) in [4.78, 5) is 8.83. The Morgan fingerprint density at radius 1 is 1.15 bits per heavy atom. The third-order valence-corrected chi connectivity index (χ3v) is 5.70. The van der Waals surface area contributed by atoms with E-state index in [1.807, 2.05) is 12.3 Å². The topological polar surface area (TPSA) is 92.4 Å². The van der Waals surface area contributed by atoms with E-state index >= 15 is 0 Å². The minimum Gasteiger partial charge on any atom is -0.388 e. The Bertz CT molecular complexity index is 988. The number of nitrogens with zero attached hydrogens (tertiary/aromatic N) is 3. The molecule has 3 heterocycles. The van der Waals surface area contributed by atoms with Crippen molar-refractivity contribution >= 4 is 16.9 Å². The molecule has 1 aromatic carbocycles. The molecular weight excluding hydrogens is 344 g/mol. The van der Waals surface area contributed by atoms with E-state index in [4.69, 9.17) is 4.74 Å². The lowest BCUT2D eigenvalue weighted by Gasteiger charge is -2.18. The molecule has 7 heteroatoms. The van der Waals surface area contributed by atoms with Gasteiger partial charge in [-0.1, -0.05) is 24.3 Å². The van der Waals surface area contributed by atoms with Crippen LogP contribution >= 0.6 is 0 Å². The van der Waals surface area contributed by atoms with Crippen LogP contribution in [0.4, 0.5) is 5.82 Å². The number of aryl methyl sites for hydroxylation is 1. The first kappa shape index (κ1) is 16.7. The van der Waals surface area contributed by atoms with Crippen molar-refractivity contribution in [1.29, 1.82) is 0 Å². The van der Waals surface area contributed by atoms with Crippen molar-refractivity contribution in [3.05, 3.63) is 54.0 Å². The highest BCUT2D eigenvalue weighted by Crippen LogP contribution is 2.36. The van der Waals surface area contributed by atoms with Crippen LogP contribution in [0.25, 0.3) is 11.0 Å². The van der Waals surface area contributed by atoms with Gasteiger partial charge in [0.05, 0.1) is 17.5 Å². The van der Waals surface area contributed by atoms with Crippen LogP contribution in [0.2, 0.25) is 0 Å². The molecule has 7 nitrogen and oxygen atoms in total. The lowest BCUT2D eigenvalue weighted by atomic mass is 10.1. The van der Waals surface area contributed by atoms with Gasteiger partial charge in [0.1, 0.15) is 30.0 Å². The molecular formula is C20H22N4O3. The normalized spacial score (nSPS) is 30.0. The maximum atomic E-state index is 10.3. The molecule has 2 aromatic heterocycles. The first-order chi connectivity index (χ1) is 13.1. The number of ether oxygens (including phenoxy) is 1. The lowest BCUT2D eigenvalue weighted by Crippen LogP contribution is -2.30. The molecule has 0 amide bonds. The van der Waals surface area contributed by atoms with Gasteiger partial charge in [0, 0.05) is 6.20 Å². The number of benzene rings is 1. The van der Waals surface area contributed by atoms with Gasteiger partial charge >= 0.3 is 0 Å². The van der Waals surface area contributed by atoms with Gasteiger partial charge in [-0.25, -0.2) is 9.97 Å². The Labute approximate surface area is 156 Å². The number of fused-ring (bicyclic) bond motifs is 2. The van der Waals surface area contributed by atoms with E-state index in [1.54, 1.807) is 11.5 Å². The average molecular weight is 366 g/mol. The third kappa shape index (κ3) is 2.62. The van der Waals surface area contributed by atoms with Crippen molar-refractivity contribution < 1.29 is 14.9 Å². The standard InChI is InChI=1S/C20H22N4O3/c1-11-16(25)17(26)20(27-11)24-9-8-14-18(21-10-22-19(14)24)23-15-7-6-12-4-2-3-5-13(12)15/h2-5,8-11,15-17,20,25-26H,6-7H2,1H3,(H,21,22,23)/t11-,15+,16-,17-,20-/m1/s1. The molecule has 27 heavy (non-hydrogen) atoms. The smallest absolute Gasteiger partial charge is 0.164 e. The van der Waals surface area contributed by atoms with Gasteiger partial charge in [-0.15, -0.1) is 0 Å². The molecule has 1 saturated heterocycles. The van der Waals surface area contributed by atoms with E-state index in [0.29, 0.717) is 5.65 Å². The number of anilines is 1. The molecule has 3 N–H and O–H groups in total. The second-order valence-electron chi connectivity index (χ2n) is 7.33. The fourth-order valence-corrected chi connectivity index (χ4v) is 4.22. The molecule has 5 rings (SSSR count). The number of rotatable bonds is 3. The first-order valence-corrected chi connectivity index (χ1v) is 9.31. The Morgan fingerprint density at radius 3 is 2.81 bits per heavy atom. The van der Waals surface area contributed by atoms with Crippen LogP contribution < -0.4 is 5.32 Å². The summed E-state index contributed by atoms with van der Waals surface area (Å²) in [5.41, 5.74) is 3.36. The minimum atomic E-state index is -0.997. The SMILES string of the molecule is C[C@H]1O[C@@H](n2ccc3c(N[C@H]4CCc5ccccc54)ncnc32)[C@H](O)[C@@H]1O. The molecule has 1 aliphatic carbocycles. The van der Waals surface area contributed by atoms with Gasteiger partial charge in [-0.05, 0) is 37.0 Å². The number of aliphatic hydroxyl groups excluding tert-OH is 2. The number of nitrogens with one attached hydrogen (secondary N) is 1. The van der Waals surface area contributed by atoms with Crippen LogP contribution in [0.1, 0.15) is 36.7 Å². The van der Waals surface area contributed by atoms with E-state index in [9.17, 15) is 10.2 Å². The lowest BCUT2D eigenvalue weighted by molar-refractivity contribution is -0.0296. The largest absolute Gasteiger partial charge is 0.388 e. The Kier molecular flexibility index (Phi) is 3.89. The van der Waals surface area contributed by atoms with Gasteiger partial charge in [-0.2, -0.15) is 0 Å². The van der Waals surface area contributed by atoms with Gasteiger partial charge in [0.2, 0.25) is 0 Å². The first-order valence-electron chi connectivity index (χ1n) is 9.31. The average Bonchev–Trinajstić information content (AvgIpc) is 3.36. The van der Waals surface area contributed by atoms with Crippen LogP contribution in [-0.2, 0) is 11.2 Å². The fraction of sp³-hybridized carbons (Fsp3) is 0.400. The number of hydrogen-bond acceptors (Lipinski definition) is 6. The van der Waals surface area contributed by atoms with E-state index < -0.39 is 24.5 Å². The highest BCUT2D eigenvalue weighted by molar-refractivity contribution is 5.87. The maximum Gasteiger partial charge on any atom is 0.164 e. The second kappa shape index (κ2) is 6.30. The molecule has 2 aliphatic rings. The fourth-order valence-electron chi connectivity index (χ4n) is 4.22. The number of aliphatic hydroxyl groups is 2. The Morgan fingerprint density at radius 2 is 2.00 bits per heavy atom. The molecule has 1 fully saturated rings. The van der Waals surface area contributed by atoms with Gasteiger partial charge < -0.3 is 24.8 Å². The summed E-state index contributed by atoms with van der Waals surface area (Å²) in [6.45, 7) is 1.75.